The molecule has 9 nitrogen and oxygen atoms in total. The van der Waals surface area contributed by atoms with E-state index in [0.717, 1.165) is 16.5 Å². The summed E-state index contributed by atoms with van der Waals surface area (Å²) in [6, 6.07) is 33.9. The van der Waals surface area contributed by atoms with E-state index in [1.54, 1.807) is 30.5 Å². The average Bonchev–Trinajstić information content (AvgIpc) is 3.10. The molecule has 4 aromatic carbocycles. The number of carbonyl (C=O) groups excluding carboxylic acids is 1. The van der Waals surface area contributed by atoms with Crippen LogP contribution in [0, 0.1) is 0 Å². The second kappa shape index (κ2) is 16.5. The van der Waals surface area contributed by atoms with Crippen LogP contribution < -0.4 is 14.8 Å². The Balaban J connectivity index is 1.26. The maximum atomic E-state index is 12.3. The highest BCUT2D eigenvalue weighted by atomic mass is 16.5. The number of para-hydroxylation sites is 1. The second-order valence-corrected chi connectivity index (χ2v) is 11.0. The van der Waals surface area contributed by atoms with Gasteiger partial charge in [0.2, 0.25) is 0 Å². The Morgan fingerprint density at radius 2 is 1.59 bits per heavy atom. The summed E-state index contributed by atoms with van der Waals surface area (Å²) >= 11 is 0. The first kappa shape index (κ1) is 32.6. The number of carbonyl (C=O) groups is 1. The van der Waals surface area contributed by atoms with Gasteiger partial charge in [-0.3, -0.25) is 14.7 Å². The largest absolute Gasteiger partial charge is 0.491 e. The van der Waals surface area contributed by atoms with Gasteiger partial charge in [0.15, 0.2) is 0 Å². The molecule has 9 heteroatoms. The zero-order valence-electron chi connectivity index (χ0n) is 25.5. The fourth-order valence-corrected chi connectivity index (χ4v) is 5.22. The summed E-state index contributed by atoms with van der Waals surface area (Å²) in [5.74, 6) is 1.66. The van der Waals surface area contributed by atoms with Crippen molar-refractivity contribution in [2.24, 2.45) is 0 Å². The van der Waals surface area contributed by atoms with Crippen LogP contribution in [0.15, 0.2) is 115 Å². The molecule has 46 heavy (non-hydrogen) atoms. The molecule has 1 heterocycles. The predicted octanol–water partition coefficient (Wildman–Crippen LogP) is 4.59. The number of fused-ring (bicyclic) bond motifs is 1. The highest BCUT2D eigenvalue weighted by Crippen LogP contribution is 2.30. The number of nitrogens with zero attached hydrogens (tertiary/aromatic N) is 2. The minimum Gasteiger partial charge on any atom is -0.491 e. The first-order valence-corrected chi connectivity index (χ1v) is 15.3. The second-order valence-electron chi connectivity index (χ2n) is 11.0. The number of benzene rings is 4. The standard InChI is InChI=1S/C37H39N3O6/c41-20-19-39-37(44)29-13-16-34-35(22-29)38-18-17-36(34)46-33-14-11-27(12-15-33)21-30(25-42)40(23-28-7-3-1-4-8-28)24-31(43)26-45-32-9-5-2-6-10-32/h1-18,22,30-31,41-43H,19-21,23-26H2,(H,39,44)/t30-,31-/m0/s1. The van der Waals surface area contributed by atoms with E-state index in [1.807, 2.05) is 84.9 Å². The van der Waals surface area contributed by atoms with E-state index >= 15 is 0 Å². The normalized spacial score (nSPS) is 12.5. The minimum absolute atomic E-state index is 0.0830. The van der Waals surface area contributed by atoms with Crippen molar-refractivity contribution in [3.8, 4) is 17.2 Å². The Hall–Kier alpha value is -4.80. The molecule has 0 aliphatic heterocycles. The van der Waals surface area contributed by atoms with Crippen LogP contribution in [0.1, 0.15) is 21.5 Å². The van der Waals surface area contributed by atoms with Crippen molar-refractivity contribution in [1.29, 1.82) is 0 Å². The summed E-state index contributed by atoms with van der Waals surface area (Å²) in [6.07, 6.45) is 1.44. The van der Waals surface area contributed by atoms with Crippen LogP contribution in [-0.4, -0.2) is 76.2 Å². The number of amides is 1. The maximum absolute atomic E-state index is 12.3. The van der Waals surface area contributed by atoms with Crippen molar-refractivity contribution in [2.45, 2.75) is 25.1 Å². The number of hydrogen-bond donors (Lipinski definition) is 4. The van der Waals surface area contributed by atoms with Gasteiger partial charge >= 0.3 is 0 Å². The number of rotatable bonds is 16. The number of ether oxygens (including phenoxy) is 2. The molecule has 0 unspecified atom stereocenters. The van der Waals surface area contributed by atoms with Gasteiger partial charge < -0.3 is 30.1 Å². The molecule has 0 spiro atoms. The molecular weight excluding hydrogens is 582 g/mol. The zero-order valence-corrected chi connectivity index (χ0v) is 25.5. The lowest BCUT2D eigenvalue weighted by atomic mass is 10.0. The molecule has 0 saturated carbocycles. The summed E-state index contributed by atoms with van der Waals surface area (Å²) in [5.41, 5.74) is 3.17. The molecule has 0 aliphatic rings. The summed E-state index contributed by atoms with van der Waals surface area (Å²) < 4.78 is 12.0. The third-order valence-electron chi connectivity index (χ3n) is 7.57. The van der Waals surface area contributed by atoms with Gasteiger partial charge in [-0.2, -0.15) is 0 Å². The van der Waals surface area contributed by atoms with Crippen LogP contribution in [0.25, 0.3) is 10.9 Å². The molecule has 0 fully saturated rings. The van der Waals surface area contributed by atoms with E-state index in [-0.39, 0.29) is 38.3 Å². The van der Waals surface area contributed by atoms with E-state index in [0.29, 0.717) is 47.8 Å². The smallest absolute Gasteiger partial charge is 0.251 e. The Morgan fingerprint density at radius 1 is 0.848 bits per heavy atom. The van der Waals surface area contributed by atoms with Gasteiger partial charge in [0, 0.05) is 42.8 Å². The molecular formula is C37H39N3O6. The van der Waals surface area contributed by atoms with Crippen LogP contribution in [0.3, 0.4) is 0 Å². The van der Waals surface area contributed by atoms with Crippen molar-refractivity contribution in [1.82, 2.24) is 15.2 Å². The lowest BCUT2D eigenvalue weighted by Crippen LogP contribution is -2.44. The Bertz CT molecular complexity index is 1670. The molecule has 238 valence electrons. The SMILES string of the molecule is O=C(NCCO)c1ccc2c(Oc3ccc(C[C@@H](CO)N(Cc4ccccc4)C[C@H](O)COc4ccccc4)cc3)ccnc2c1. The van der Waals surface area contributed by atoms with Crippen LogP contribution in [0.2, 0.25) is 0 Å². The van der Waals surface area contributed by atoms with Crippen molar-refractivity contribution < 1.29 is 29.6 Å². The highest BCUT2D eigenvalue weighted by molar-refractivity contribution is 5.98. The van der Waals surface area contributed by atoms with Crippen LogP contribution >= 0.6 is 0 Å². The maximum Gasteiger partial charge on any atom is 0.251 e. The third kappa shape index (κ3) is 9.12. The van der Waals surface area contributed by atoms with Crippen LogP contribution in [0.5, 0.6) is 17.2 Å². The van der Waals surface area contributed by atoms with Gasteiger partial charge in [-0.05, 0) is 66.1 Å². The first-order valence-electron chi connectivity index (χ1n) is 15.3. The van der Waals surface area contributed by atoms with E-state index < -0.39 is 6.10 Å². The molecule has 5 rings (SSSR count). The van der Waals surface area contributed by atoms with Gasteiger partial charge in [0.1, 0.15) is 30.0 Å². The molecule has 2 atom stereocenters. The number of aromatic nitrogens is 1. The molecule has 5 aromatic rings. The molecule has 0 bridgehead atoms. The Kier molecular flexibility index (Phi) is 11.7. The van der Waals surface area contributed by atoms with E-state index in [2.05, 4.69) is 15.2 Å². The number of aliphatic hydroxyl groups excluding tert-OH is 3. The lowest BCUT2D eigenvalue weighted by molar-refractivity contribution is 0.0335. The summed E-state index contributed by atoms with van der Waals surface area (Å²) in [6.45, 7) is 0.999. The molecule has 0 aliphatic carbocycles. The summed E-state index contributed by atoms with van der Waals surface area (Å²) in [4.78, 5) is 18.8. The van der Waals surface area contributed by atoms with Gasteiger partial charge in [0.25, 0.3) is 5.91 Å². The van der Waals surface area contributed by atoms with Gasteiger partial charge in [-0.1, -0.05) is 60.7 Å². The first-order chi connectivity index (χ1) is 22.5. The number of aliphatic hydroxyl groups is 3. The topological polar surface area (TPSA) is 124 Å². The molecule has 4 N–H and O–H groups in total. The van der Waals surface area contributed by atoms with Crippen molar-refractivity contribution in [2.75, 3.05) is 32.9 Å². The summed E-state index contributed by atoms with van der Waals surface area (Å²) in [7, 11) is 0. The Morgan fingerprint density at radius 3 is 2.30 bits per heavy atom. The highest BCUT2D eigenvalue weighted by Gasteiger charge is 2.22. The average molecular weight is 622 g/mol. The number of nitrogens with one attached hydrogen (secondary N) is 1. The van der Waals surface area contributed by atoms with Crippen molar-refractivity contribution in [3.63, 3.8) is 0 Å². The van der Waals surface area contributed by atoms with E-state index in [4.69, 9.17) is 14.6 Å². The van der Waals surface area contributed by atoms with Gasteiger partial charge in [0.05, 0.1) is 18.7 Å². The minimum atomic E-state index is -0.755. The molecule has 1 amide bonds. The number of pyridine rings is 1. The summed E-state index contributed by atoms with van der Waals surface area (Å²) in [5, 5.41) is 33.8. The molecule has 1 aromatic heterocycles. The van der Waals surface area contributed by atoms with E-state index in [9.17, 15) is 15.0 Å². The van der Waals surface area contributed by atoms with Gasteiger partial charge in [-0.25, -0.2) is 0 Å². The fraction of sp³-hybridized carbons (Fsp3) is 0.243. The predicted molar refractivity (Wildman–Crippen MR) is 177 cm³/mol. The Labute approximate surface area is 268 Å². The molecule has 0 radical (unpaired) electrons. The van der Waals surface area contributed by atoms with Crippen LogP contribution in [0.4, 0.5) is 0 Å². The van der Waals surface area contributed by atoms with Crippen molar-refractivity contribution >= 4 is 16.8 Å². The van der Waals surface area contributed by atoms with E-state index in [1.165, 1.54) is 0 Å². The van der Waals surface area contributed by atoms with Crippen LogP contribution in [-0.2, 0) is 13.0 Å². The zero-order chi connectivity index (χ0) is 32.1. The van der Waals surface area contributed by atoms with Crippen molar-refractivity contribution in [3.05, 3.63) is 132 Å². The number of hydrogen-bond acceptors (Lipinski definition) is 8. The third-order valence-corrected chi connectivity index (χ3v) is 7.57. The molecule has 0 saturated heterocycles. The quantitative estimate of drug-likeness (QED) is 0.126. The van der Waals surface area contributed by atoms with Gasteiger partial charge in [-0.15, -0.1) is 0 Å². The monoisotopic (exact) mass is 621 g/mol. The fourth-order valence-electron chi connectivity index (χ4n) is 5.22. The lowest BCUT2D eigenvalue weighted by Gasteiger charge is -2.32.